The molecular formula is C16H21FN2O2S. The molecule has 0 spiro atoms. The van der Waals surface area contributed by atoms with E-state index in [1.54, 1.807) is 23.1 Å². The van der Waals surface area contributed by atoms with Gasteiger partial charge in [-0.15, -0.1) is 11.8 Å². The quantitative estimate of drug-likeness (QED) is 0.818. The van der Waals surface area contributed by atoms with Crippen molar-refractivity contribution < 1.29 is 14.0 Å². The standard InChI is InChI=1S/C16H21FN2O2S/c17-13-6-1-2-7-14(13)22-10-8-16(21)19-9-4-3-5-12(19)11-15(18)20/h1-2,6-7,12H,3-5,8-11H2,(H2,18,20)/t12-/m1/s1. The van der Waals surface area contributed by atoms with Crippen molar-refractivity contribution in [1.29, 1.82) is 0 Å². The first-order chi connectivity index (χ1) is 10.6. The molecule has 22 heavy (non-hydrogen) atoms. The minimum atomic E-state index is -0.370. The summed E-state index contributed by atoms with van der Waals surface area (Å²) in [6, 6.07) is 6.48. The lowest BCUT2D eigenvalue weighted by Gasteiger charge is -2.35. The fourth-order valence-electron chi connectivity index (χ4n) is 2.73. The summed E-state index contributed by atoms with van der Waals surface area (Å²) < 4.78 is 13.5. The largest absolute Gasteiger partial charge is 0.370 e. The van der Waals surface area contributed by atoms with Crippen LogP contribution in [0.1, 0.15) is 32.1 Å². The van der Waals surface area contributed by atoms with Crippen LogP contribution in [0.2, 0.25) is 0 Å². The Bertz CT molecular complexity index is 539. The summed E-state index contributed by atoms with van der Waals surface area (Å²) in [5, 5.41) is 0. The molecule has 1 heterocycles. The van der Waals surface area contributed by atoms with Crippen LogP contribution < -0.4 is 5.73 Å². The van der Waals surface area contributed by atoms with Crippen molar-refractivity contribution in [1.82, 2.24) is 4.90 Å². The van der Waals surface area contributed by atoms with E-state index in [1.807, 2.05) is 0 Å². The highest BCUT2D eigenvalue weighted by Crippen LogP contribution is 2.24. The van der Waals surface area contributed by atoms with Crippen LogP contribution in [-0.2, 0) is 9.59 Å². The number of nitrogens with zero attached hydrogens (tertiary/aromatic N) is 1. The van der Waals surface area contributed by atoms with E-state index in [-0.39, 0.29) is 30.1 Å². The molecule has 1 aromatic rings. The first kappa shape index (κ1) is 16.8. The SMILES string of the molecule is NC(=O)C[C@H]1CCCCN1C(=O)CCSc1ccccc1F. The van der Waals surface area contributed by atoms with Crippen molar-refractivity contribution in [3.05, 3.63) is 30.1 Å². The van der Waals surface area contributed by atoms with Crippen molar-refractivity contribution >= 4 is 23.6 Å². The Labute approximate surface area is 134 Å². The Morgan fingerprint density at radius 1 is 1.32 bits per heavy atom. The fourth-order valence-corrected chi connectivity index (χ4v) is 3.60. The summed E-state index contributed by atoms with van der Waals surface area (Å²) in [7, 11) is 0. The maximum Gasteiger partial charge on any atom is 0.223 e. The Balaban J connectivity index is 1.85. The number of amides is 2. The number of carbonyl (C=O) groups is 2. The van der Waals surface area contributed by atoms with E-state index in [1.165, 1.54) is 17.8 Å². The normalized spacial score (nSPS) is 18.2. The highest BCUT2D eigenvalue weighted by atomic mass is 32.2. The van der Waals surface area contributed by atoms with E-state index in [0.717, 1.165) is 19.3 Å². The third-order valence-electron chi connectivity index (χ3n) is 3.79. The molecule has 2 N–H and O–H groups in total. The number of carbonyl (C=O) groups excluding carboxylic acids is 2. The van der Waals surface area contributed by atoms with Gasteiger partial charge in [0.1, 0.15) is 5.82 Å². The molecule has 0 bridgehead atoms. The van der Waals surface area contributed by atoms with Gasteiger partial charge in [-0.1, -0.05) is 12.1 Å². The van der Waals surface area contributed by atoms with Gasteiger partial charge in [0.15, 0.2) is 0 Å². The van der Waals surface area contributed by atoms with Gasteiger partial charge in [0, 0.05) is 36.1 Å². The van der Waals surface area contributed by atoms with Gasteiger partial charge in [-0.25, -0.2) is 4.39 Å². The van der Waals surface area contributed by atoms with Crippen LogP contribution in [0.5, 0.6) is 0 Å². The molecule has 120 valence electrons. The first-order valence-corrected chi connectivity index (χ1v) is 8.51. The summed E-state index contributed by atoms with van der Waals surface area (Å²) in [6.45, 7) is 0.682. The van der Waals surface area contributed by atoms with Crippen molar-refractivity contribution in [3.63, 3.8) is 0 Å². The number of halogens is 1. The maximum atomic E-state index is 13.5. The second-order valence-electron chi connectivity index (χ2n) is 5.44. The van der Waals surface area contributed by atoms with Crippen LogP contribution >= 0.6 is 11.8 Å². The van der Waals surface area contributed by atoms with Gasteiger partial charge in [-0.05, 0) is 31.4 Å². The minimum absolute atomic E-state index is 0.0230. The van der Waals surface area contributed by atoms with Gasteiger partial charge < -0.3 is 10.6 Å². The summed E-state index contributed by atoms with van der Waals surface area (Å²) in [5.74, 6) is -0.0794. The molecule has 2 rings (SSSR count). The van der Waals surface area contributed by atoms with E-state index >= 15 is 0 Å². The van der Waals surface area contributed by atoms with Crippen LogP contribution in [0.4, 0.5) is 4.39 Å². The molecule has 1 aliphatic heterocycles. The van der Waals surface area contributed by atoms with Gasteiger partial charge >= 0.3 is 0 Å². The van der Waals surface area contributed by atoms with E-state index in [0.29, 0.717) is 23.6 Å². The topological polar surface area (TPSA) is 63.4 Å². The van der Waals surface area contributed by atoms with Crippen molar-refractivity contribution in [2.45, 2.75) is 43.0 Å². The molecule has 1 aliphatic rings. The lowest BCUT2D eigenvalue weighted by molar-refractivity contribution is -0.135. The number of rotatable bonds is 6. The number of primary amides is 1. The summed E-state index contributed by atoms with van der Waals surface area (Å²) in [6.07, 6.45) is 3.38. The second-order valence-corrected chi connectivity index (χ2v) is 6.57. The zero-order valence-corrected chi connectivity index (χ0v) is 13.3. The molecule has 0 aromatic heterocycles. The van der Waals surface area contributed by atoms with Gasteiger partial charge in [0.05, 0.1) is 0 Å². The lowest BCUT2D eigenvalue weighted by atomic mass is 9.99. The molecule has 1 aromatic carbocycles. The molecular weight excluding hydrogens is 303 g/mol. The maximum absolute atomic E-state index is 13.5. The predicted octanol–water partition coefficient (Wildman–Crippen LogP) is 2.56. The third-order valence-corrected chi connectivity index (χ3v) is 4.84. The number of thioether (sulfide) groups is 1. The third kappa shape index (κ3) is 4.73. The number of piperidine rings is 1. The molecule has 0 saturated carbocycles. The van der Waals surface area contributed by atoms with Gasteiger partial charge in [-0.2, -0.15) is 0 Å². The molecule has 1 saturated heterocycles. The van der Waals surface area contributed by atoms with Crippen molar-refractivity contribution in [2.75, 3.05) is 12.3 Å². The zero-order chi connectivity index (χ0) is 15.9. The molecule has 2 amide bonds. The number of hydrogen-bond acceptors (Lipinski definition) is 3. The fraction of sp³-hybridized carbons (Fsp3) is 0.500. The second kappa shape index (κ2) is 8.17. The Hall–Kier alpha value is -1.56. The van der Waals surface area contributed by atoms with Crippen molar-refractivity contribution in [3.8, 4) is 0 Å². The Morgan fingerprint density at radius 2 is 2.09 bits per heavy atom. The average Bonchev–Trinajstić information content (AvgIpc) is 2.49. The number of hydrogen-bond donors (Lipinski definition) is 1. The number of benzene rings is 1. The number of likely N-dealkylation sites (tertiary alicyclic amines) is 1. The van der Waals surface area contributed by atoms with E-state index in [4.69, 9.17) is 5.73 Å². The minimum Gasteiger partial charge on any atom is -0.370 e. The molecule has 0 unspecified atom stereocenters. The summed E-state index contributed by atoms with van der Waals surface area (Å²) in [4.78, 5) is 25.8. The van der Waals surface area contributed by atoms with Crippen molar-refractivity contribution in [2.24, 2.45) is 5.73 Å². The summed E-state index contributed by atoms with van der Waals surface area (Å²) in [5.41, 5.74) is 5.26. The highest BCUT2D eigenvalue weighted by molar-refractivity contribution is 7.99. The molecule has 0 aliphatic carbocycles. The van der Waals surface area contributed by atoms with Gasteiger partial charge in [0.25, 0.3) is 0 Å². The smallest absolute Gasteiger partial charge is 0.223 e. The molecule has 1 atom stereocenters. The van der Waals surface area contributed by atoms with Crippen LogP contribution in [-0.4, -0.2) is 35.1 Å². The van der Waals surface area contributed by atoms with Crippen LogP contribution in [0.25, 0.3) is 0 Å². The predicted molar refractivity (Wildman–Crippen MR) is 84.9 cm³/mol. The first-order valence-electron chi connectivity index (χ1n) is 7.53. The van der Waals surface area contributed by atoms with E-state index in [2.05, 4.69) is 0 Å². The highest BCUT2D eigenvalue weighted by Gasteiger charge is 2.27. The summed E-state index contributed by atoms with van der Waals surface area (Å²) >= 11 is 1.34. The molecule has 4 nitrogen and oxygen atoms in total. The van der Waals surface area contributed by atoms with E-state index in [9.17, 15) is 14.0 Å². The van der Waals surface area contributed by atoms with Crippen LogP contribution in [0.15, 0.2) is 29.2 Å². The van der Waals surface area contributed by atoms with Crippen LogP contribution in [0.3, 0.4) is 0 Å². The molecule has 1 fully saturated rings. The van der Waals surface area contributed by atoms with Gasteiger partial charge in [0.2, 0.25) is 11.8 Å². The zero-order valence-electron chi connectivity index (χ0n) is 12.5. The van der Waals surface area contributed by atoms with Gasteiger partial charge in [-0.3, -0.25) is 9.59 Å². The Kier molecular flexibility index (Phi) is 6.24. The average molecular weight is 324 g/mol. The molecule has 6 heteroatoms. The Morgan fingerprint density at radius 3 is 2.82 bits per heavy atom. The molecule has 0 radical (unpaired) electrons. The van der Waals surface area contributed by atoms with Crippen LogP contribution in [0, 0.1) is 5.82 Å². The lowest BCUT2D eigenvalue weighted by Crippen LogP contribution is -2.45. The van der Waals surface area contributed by atoms with E-state index < -0.39 is 0 Å². The number of nitrogens with two attached hydrogens (primary N) is 1. The monoisotopic (exact) mass is 324 g/mol.